The number of allylic oxidation sites excluding steroid dienone is 2. The lowest BCUT2D eigenvalue weighted by Gasteiger charge is -2.50. The lowest BCUT2D eigenvalue weighted by Crippen LogP contribution is -2.44. The molecule has 1 atom stereocenters. The van der Waals surface area contributed by atoms with Crippen molar-refractivity contribution in [2.75, 3.05) is 0 Å². The lowest BCUT2D eigenvalue weighted by molar-refractivity contribution is 0.958. The van der Waals surface area contributed by atoms with Crippen molar-refractivity contribution in [3.05, 3.63) is 148 Å². The monoisotopic (exact) mass is 592 g/mol. The Labute approximate surface area is 250 Å². The molecule has 0 N–H and O–H groups in total. The molecule has 4 heteroatoms. The molecule has 40 heavy (non-hydrogen) atoms. The summed E-state index contributed by atoms with van der Waals surface area (Å²) in [5.74, 6) is 0. The average Bonchev–Trinajstić information content (AvgIpc) is 3.44. The molecular weight excluding hydrogens is 558 g/mol. The smallest absolute Gasteiger partial charge is 0.0647 e. The molecule has 5 aromatic rings. The highest BCUT2D eigenvalue weighted by Crippen LogP contribution is 2.77. The van der Waals surface area contributed by atoms with Gasteiger partial charge in [0.05, 0.1) is 4.90 Å². The van der Waals surface area contributed by atoms with Gasteiger partial charge in [-0.3, -0.25) is 0 Å². The van der Waals surface area contributed by atoms with E-state index in [4.69, 9.17) is 0 Å². The van der Waals surface area contributed by atoms with Crippen LogP contribution in [0.2, 0.25) is 0 Å². The summed E-state index contributed by atoms with van der Waals surface area (Å²) in [6.07, 6.45) is 0. The Hall–Kier alpha value is -2.47. The summed E-state index contributed by atoms with van der Waals surface area (Å²) in [5, 5.41) is 6.19. The van der Waals surface area contributed by atoms with E-state index in [2.05, 4.69) is 167 Å². The van der Waals surface area contributed by atoms with E-state index in [1.807, 2.05) is 11.3 Å². The molecule has 0 spiro atoms. The summed E-state index contributed by atoms with van der Waals surface area (Å²) >= 11 is 4.04. The summed E-state index contributed by atoms with van der Waals surface area (Å²) in [7, 11) is -1.60. The Balaban J connectivity index is 1.78. The fraction of sp³-hybridized carbons (Fsp3) is 0.167. The minimum atomic E-state index is -0.800. The minimum Gasteiger partial charge on any atom is -0.145 e. The van der Waals surface area contributed by atoms with Gasteiger partial charge < -0.3 is 0 Å². The Morgan fingerprint density at radius 3 is 1.27 bits per heavy atom. The van der Waals surface area contributed by atoms with Gasteiger partial charge in [0, 0.05) is 15.0 Å². The van der Waals surface area contributed by atoms with Gasteiger partial charge in [-0.2, -0.15) is 0 Å². The topological polar surface area (TPSA) is 0 Å². The second-order valence-electron chi connectivity index (χ2n) is 10.3. The summed E-state index contributed by atoms with van der Waals surface area (Å²) in [6.45, 7) is 9.49. The SMILES string of the molecule is CC1=C(c2cc(C)sc2C)C(P(c2ccccc2)c2ccccc2)(P(c2ccccc2)c2ccccc2)C(C)S1. The van der Waals surface area contributed by atoms with Crippen LogP contribution < -0.4 is 21.2 Å². The Bertz CT molecular complexity index is 1450. The standard InChI is InChI=1S/C36H34P2S2/c1-26-25-34(27(2)39-26)35-28(3)40-29(4)36(35,37(30-17-9-5-10-18-30)31-19-11-6-12-20-31)38(32-21-13-7-14-22-32)33-23-15-8-16-24-33/h5-25,29H,1-4H3. The molecule has 1 aliphatic rings. The fourth-order valence-electron chi connectivity index (χ4n) is 6.22. The van der Waals surface area contributed by atoms with E-state index in [0.29, 0.717) is 5.25 Å². The molecular formula is C36H34P2S2. The molecule has 4 aromatic carbocycles. The van der Waals surface area contributed by atoms with Crippen LogP contribution in [0.5, 0.6) is 0 Å². The van der Waals surface area contributed by atoms with Gasteiger partial charge in [0.25, 0.3) is 0 Å². The van der Waals surface area contributed by atoms with Crippen LogP contribution in [-0.4, -0.2) is 10.1 Å². The largest absolute Gasteiger partial charge is 0.145 e. The van der Waals surface area contributed by atoms with Gasteiger partial charge in [-0.05, 0) is 79.9 Å². The molecule has 1 unspecified atom stereocenters. The van der Waals surface area contributed by atoms with Crippen molar-refractivity contribution < 1.29 is 0 Å². The van der Waals surface area contributed by atoms with E-state index in [-0.39, 0.29) is 4.90 Å². The van der Waals surface area contributed by atoms with Crippen LogP contribution in [0.15, 0.2) is 132 Å². The van der Waals surface area contributed by atoms with Crippen molar-refractivity contribution in [3.63, 3.8) is 0 Å². The third kappa shape index (κ3) is 4.84. The Morgan fingerprint density at radius 2 is 0.950 bits per heavy atom. The number of aryl methyl sites for hydroxylation is 2. The van der Waals surface area contributed by atoms with Gasteiger partial charge in [0.15, 0.2) is 0 Å². The highest BCUT2D eigenvalue weighted by atomic mass is 32.2. The molecule has 0 aliphatic carbocycles. The van der Waals surface area contributed by atoms with Gasteiger partial charge in [-0.1, -0.05) is 128 Å². The van der Waals surface area contributed by atoms with Crippen molar-refractivity contribution in [2.24, 2.45) is 0 Å². The molecule has 6 rings (SSSR count). The second kappa shape index (κ2) is 11.8. The molecule has 200 valence electrons. The van der Waals surface area contributed by atoms with Gasteiger partial charge in [0.1, 0.15) is 0 Å². The van der Waals surface area contributed by atoms with E-state index in [1.165, 1.54) is 41.4 Å². The molecule has 1 aromatic heterocycles. The molecule has 0 radical (unpaired) electrons. The summed E-state index contributed by atoms with van der Waals surface area (Å²) in [5.41, 5.74) is 3.03. The van der Waals surface area contributed by atoms with E-state index >= 15 is 0 Å². The number of thioether (sulfide) groups is 1. The number of hydrogen-bond donors (Lipinski definition) is 0. The van der Waals surface area contributed by atoms with Crippen LogP contribution >= 0.6 is 38.9 Å². The van der Waals surface area contributed by atoms with Crippen molar-refractivity contribution >= 4 is 65.7 Å². The fourth-order valence-corrected chi connectivity index (χ4v) is 17.4. The van der Waals surface area contributed by atoms with Crippen LogP contribution in [0.25, 0.3) is 5.57 Å². The highest BCUT2D eigenvalue weighted by Gasteiger charge is 2.58. The van der Waals surface area contributed by atoms with E-state index < -0.39 is 15.8 Å². The van der Waals surface area contributed by atoms with E-state index in [9.17, 15) is 0 Å². The molecule has 0 nitrogen and oxygen atoms in total. The predicted molar refractivity (Wildman–Crippen MR) is 184 cm³/mol. The van der Waals surface area contributed by atoms with Gasteiger partial charge in [0.2, 0.25) is 0 Å². The van der Waals surface area contributed by atoms with Crippen LogP contribution in [0.4, 0.5) is 0 Å². The van der Waals surface area contributed by atoms with Gasteiger partial charge >= 0.3 is 0 Å². The van der Waals surface area contributed by atoms with Crippen molar-refractivity contribution in [3.8, 4) is 0 Å². The molecule has 0 bridgehead atoms. The average molecular weight is 593 g/mol. The molecule has 0 fully saturated rings. The number of benzene rings is 4. The zero-order valence-electron chi connectivity index (χ0n) is 23.4. The normalized spacial score (nSPS) is 16.7. The van der Waals surface area contributed by atoms with Crippen molar-refractivity contribution in [1.29, 1.82) is 0 Å². The van der Waals surface area contributed by atoms with Crippen LogP contribution in [-0.2, 0) is 0 Å². The number of hydrogen-bond acceptors (Lipinski definition) is 2. The van der Waals surface area contributed by atoms with Crippen LogP contribution in [0, 0.1) is 13.8 Å². The summed E-state index contributed by atoms with van der Waals surface area (Å²) in [6, 6.07) is 48.1. The Morgan fingerprint density at radius 1 is 0.575 bits per heavy atom. The molecule has 0 saturated carbocycles. The first kappa shape index (κ1) is 27.7. The number of rotatable bonds is 7. The van der Waals surface area contributed by atoms with Crippen LogP contribution in [0.1, 0.15) is 29.2 Å². The minimum absolute atomic E-state index is 0.122. The van der Waals surface area contributed by atoms with E-state index in [0.717, 1.165) is 0 Å². The zero-order valence-corrected chi connectivity index (χ0v) is 26.8. The summed E-state index contributed by atoms with van der Waals surface area (Å²) < 4.78 is 0. The van der Waals surface area contributed by atoms with Gasteiger partial charge in [-0.15, -0.1) is 23.1 Å². The highest BCUT2D eigenvalue weighted by molar-refractivity contribution is 8.06. The molecule has 2 heterocycles. The first-order chi connectivity index (χ1) is 19.5. The van der Waals surface area contributed by atoms with Crippen molar-refractivity contribution in [2.45, 2.75) is 37.8 Å². The van der Waals surface area contributed by atoms with E-state index in [1.54, 1.807) is 5.57 Å². The van der Waals surface area contributed by atoms with Crippen LogP contribution in [0.3, 0.4) is 0 Å². The maximum absolute atomic E-state index is 2.51. The van der Waals surface area contributed by atoms with Crippen molar-refractivity contribution in [1.82, 2.24) is 0 Å². The summed E-state index contributed by atoms with van der Waals surface area (Å²) in [4.78, 5) is 4.17. The molecule has 1 aliphatic heterocycles. The predicted octanol–water partition coefficient (Wildman–Crippen LogP) is 9.19. The second-order valence-corrected chi connectivity index (χ2v) is 18.4. The third-order valence-electron chi connectivity index (χ3n) is 7.69. The lowest BCUT2D eigenvalue weighted by atomic mass is 10.0. The Kier molecular flexibility index (Phi) is 8.16. The maximum atomic E-state index is 2.51. The quantitative estimate of drug-likeness (QED) is 0.170. The first-order valence-corrected chi connectivity index (χ1v) is 18.2. The first-order valence-electron chi connectivity index (χ1n) is 13.8. The maximum Gasteiger partial charge on any atom is 0.0647 e. The molecule has 0 amide bonds. The zero-order chi connectivity index (χ0) is 27.7. The van der Waals surface area contributed by atoms with Gasteiger partial charge in [-0.25, -0.2) is 0 Å². The third-order valence-corrected chi connectivity index (χ3v) is 17.3. The molecule has 0 saturated heterocycles. The number of thiophene rings is 1.